The van der Waals surface area contributed by atoms with Crippen LogP contribution in [0.15, 0.2) is 48.5 Å². The van der Waals surface area contributed by atoms with E-state index in [2.05, 4.69) is 11.5 Å². The van der Waals surface area contributed by atoms with E-state index in [-0.39, 0.29) is 0 Å². The first-order chi connectivity index (χ1) is 12.3. The van der Waals surface area contributed by atoms with Crippen LogP contribution in [0.3, 0.4) is 0 Å². The molecule has 0 atom stereocenters. The van der Waals surface area contributed by atoms with Gasteiger partial charge in [-0.25, -0.2) is 15.0 Å². The lowest BCUT2D eigenvalue weighted by atomic mass is 10.2. The molecule has 0 N–H and O–H groups in total. The van der Waals surface area contributed by atoms with E-state index in [1.54, 1.807) is 7.11 Å². The highest BCUT2D eigenvalue weighted by Crippen LogP contribution is 2.27. The Bertz CT molecular complexity index is 1040. The third-order valence-electron chi connectivity index (χ3n) is 4.32. The van der Waals surface area contributed by atoms with Crippen LogP contribution in [0.4, 0.5) is 0 Å². The summed E-state index contributed by atoms with van der Waals surface area (Å²) in [5.74, 6) is 1.70. The summed E-state index contributed by atoms with van der Waals surface area (Å²) in [6.07, 6.45) is 2.18. The van der Waals surface area contributed by atoms with Gasteiger partial charge in [0.1, 0.15) is 11.6 Å². The summed E-state index contributed by atoms with van der Waals surface area (Å²) in [6.45, 7) is 3.05. The molecule has 5 nitrogen and oxygen atoms in total. The Labute approximate surface area is 146 Å². The molecule has 0 unspecified atom stereocenters. The number of hydrogen-bond donors (Lipinski definition) is 0. The van der Waals surface area contributed by atoms with Crippen molar-refractivity contribution in [2.45, 2.75) is 26.3 Å². The van der Waals surface area contributed by atoms with E-state index in [0.717, 1.165) is 53.2 Å². The zero-order valence-corrected chi connectivity index (χ0v) is 14.4. The van der Waals surface area contributed by atoms with E-state index in [0.29, 0.717) is 5.65 Å². The van der Waals surface area contributed by atoms with Crippen LogP contribution >= 0.6 is 0 Å². The number of rotatable bonds is 5. The predicted molar refractivity (Wildman–Crippen MR) is 99.7 cm³/mol. The van der Waals surface area contributed by atoms with E-state index in [1.165, 1.54) is 0 Å². The summed E-state index contributed by atoms with van der Waals surface area (Å²) >= 11 is 0. The second-order valence-electron chi connectivity index (χ2n) is 6.03. The zero-order valence-electron chi connectivity index (χ0n) is 14.4. The third kappa shape index (κ3) is 2.82. The number of imidazole rings is 1. The topological polar surface area (TPSA) is 52.8 Å². The molecule has 0 bridgehead atoms. The fraction of sp³-hybridized carbons (Fsp3) is 0.250. The monoisotopic (exact) mass is 332 g/mol. The van der Waals surface area contributed by atoms with Gasteiger partial charge in [-0.05, 0) is 30.7 Å². The summed E-state index contributed by atoms with van der Waals surface area (Å²) in [6, 6.07) is 15.9. The van der Waals surface area contributed by atoms with Gasteiger partial charge in [0.15, 0.2) is 11.3 Å². The van der Waals surface area contributed by atoms with E-state index >= 15 is 0 Å². The number of hydrogen-bond acceptors (Lipinski definition) is 4. The third-order valence-corrected chi connectivity index (χ3v) is 4.32. The molecule has 0 aliphatic heterocycles. The molecule has 126 valence electrons. The summed E-state index contributed by atoms with van der Waals surface area (Å²) in [4.78, 5) is 14.3. The number of aryl methyl sites for hydroxylation is 1. The highest BCUT2D eigenvalue weighted by atomic mass is 16.5. The number of nitrogens with zero attached hydrogens (tertiary/aromatic N) is 4. The maximum Gasteiger partial charge on any atom is 0.198 e. The van der Waals surface area contributed by atoms with Crippen LogP contribution in [0.2, 0.25) is 0 Å². The minimum absolute atomic E-state index is 0.688. The molecule has 2 aromatic heterocycles. The minimum Gasteiger partial charge on any atom is -0.497 e. The van der Waals surface area contributed by atoms with Crippen molar-refractivity contribution >= 4 is 22.3 Å². The van der Waals surface area contributed by atoms with E-state index in [4.69, 9.17) is 19.7 Å². The van der Waals surface area contributed by atoms with Crippen molar-refractivity contribution in [3.63, 3.8) is 0 Å². The Hall–Kier alpha value is -2.95. The lowest BCUT2D eigenvalue weighted by Crippen LogP contribution is -2.02. The molecule has 0 radical (unpaired) electrons. The van der Waals surface area contributed by atoms with Crippen molar-refractivity contribution in [3.05, 3.63) is 48.5 Å². The average Bonchev–Trinajstić information content (AvgIpc) is 3.02. The van der Waals surface area contributed by atoms with Gasteiger partial charge in [-0.3, -0.25) is 0 Å². The Morgan fingerprint density at radius 3 is 2.52 bits per heavy atom. The first-order valence-electron chi connectivity index (χ1n) is 8.57. The van der Waals surface area contributed by atoms with Crippen LogP contribution in [0, 0.1) is 0 Å². The van der Waals surface area contributed by atoms with Crippen LogP contribution in [0.1, 0.15) is 19.8 Å². The van der Waals surface area contributed by atoms with Gasteiger partial charge < -0.3 is 9.30 Å². The molecule has 0 amide bonds. The quantitative estimate of drug-likeness (QED) is 0.541. The molecule has 0 spiro atoms. The number of unbranched alkanes of at least 4 members (excludes halogenated alkanes) is 1. The largest absolute Gasteiger partial charge is 0.497 e. The second-order valence-corrected chi connectivity index (χ2v) is 6.03. The normalized spacial score (nSPS) is 11.3. The Balaban J connectivity index is 1.96. The van der Waals surface area contributed by atoms with Gasteiger partial charge in [-0.1, -0.05) is 37.6 Å². The van der Waals surface area contributed by atoms with Gasteiger partial charge in [0.05, 0.1) is 18.1 Å². The van der Waals surface area contributed by atoms with Gasteiger partial charge in [0.25, 0.3) is 0 Å². The molecule has 0 fully saturated rings. The van der Waals surface area contributed by atoms with Crippen LogP contribution in [0.5, 0.6) is 5.75 Å². The highest BCUT2D eigenvalue weighted by molar-refractivity contribution is 5.84. The fourth-order valence-electron chi connectivity index (χ4n) is 3.01. The SMILES string of the molecule is CCCCn1c(-c2cccc(OC)c2)nc2nc3ccccc3nc21. The Morgan fingerprint density at radius 1 is 0.960 bits per heavy atom. The summed E-state index contributed by atoms with van der Waals surface area (Å²) in [5, 5.41) is 0. The van der Waals surface area contributed by atoms with Crippen LogP contribution in [-0.2, 0) is 6.54 Å². The minimum atomic E-state index is 0.688. The number of fused-ring (bicyclic) bond motifs is 2. The van der Waals surface area contributed by atoms with E-state index in [9.17, 15) is 0 Å². The van der Waals surface area contributed by atoms with Crippen molar-refractivity contribution in [3.8, 4) is 17.1 Å². The summed E-state index contributed by atoms with van der Waals surface area (Å²) in [7, 11) is 1.68. The standard InChI is InChI=1S/C20H20N4O/c1-3-4-12-24-19(14-8-7-9-15(13-14)25-2)23-18-20(24)22-17-11-6-5-10-16(17)21-18/h5-11,13H,3-4,12H2,1-2H3. The first-order valence-corrected chi connectivity index (χ1v) is 8.57. The number of benzene rings is 2. The number of aromatic nitrogens is 4. The smallest absolute Gasteiger partial charge is 0.198 e. The molecule has 0 aliphatic carbocycles. The van der Waals surface area contributed by atoms with Crippen LogP contribution in [0.25, 0.3) is 33.7 Å². The first kappa shape index (κ1) is 15.6. The number of ether oxygens (including phenoxy) is 1. The fourth-order valence-corrected chi connectivity index (χ4v) is 3.01. The number of para-hydroxylation sites is 2. The van der Waals surface area contributed by atoms with Crippen molar-refractivity contribution in [2.75, 3.05) is 7.11 Å². The van der Waals surface area contributed by atoms with E-state index < -0.39 is 0 Å². The summed E-state index contributed by atoms with van der Waals surface area (Å²) < 4.78 is 7.54. The molecular formula is C20H20N4O. The Kier molecular flexibility index (Phi) is 4.06. The molecule has 5 heteroatoms. The maximum atomic E-state index is 5.37. The van der Waals surface area contributed by atoms with Crippen molar-refractivity contribution in [1.29, 1.82) is 0 Å². The van der Waals surface area contributed by atoms with Gasteiger partial charge in [0, 0.05) is 12.1 Å². The van der Waals surface area contributed by atoms with Crippen molar-refractivity contribution < 1.29 is 4.74 Å². The molecule has 0 saturated heterocycles. The molecular weight excluding hydrogens is 312 g/mol. The van der Waals surface area contributed by atoms with Crippen molar-refractivity contribution in [1.82, 2.24) is 19.5 Å². The molecule has 25 heavy (non-hydrogen) atoms. The number of methoxy groups -OCH3 is 1. The second kappa shape index (κ2) is 6.51. The average molecular weight is 332 g/mol. The zero-order chi connectivity index (χ0) is 17.2. The molecule has 4 rings (SSSR count). The molecule has 0 aliphatic rings. The van der Waals surface area contributed by atoms with Gasteiger partial charge in [0.2, 0.25) is 0 Å². The van der Waals surface area contributed by atoms with Gasteiger partial charge in [-0.15, -0.1) is 0 Å². The molecule has 4 aromatic rings. The lowest BCUT2D eigenvalue weighted by Gasteiger charge is -2.09. The summed E-state index contributed by atoms with van der Waals surface area (Å²) in [5.41, 5.74) is 4.30. The maximum absolute atomic E-state index is 5.37. The highest BCUT2D eigenvalue weighted by Gasteiger charge is 2.16. The van der Waals surface area contributed by atoms with Gasteiger partial charge >= 0.3 is 0 Å². The molecule has 0 saturated carbocycles. The van der Waals surface area contributed by atoms with Crippen molar-refractivity contribution in [2.24, 2.45) is 0 Å². The van der Waals surface area contributed by atoms with Crippen LogP contribution in [-0.4, -0.2) is 26.6 Å². The lowest BCUT2D eigenvalue weighted by molar-refractivity contribution is 0.415. The van der Waals surface area contributed by atoms with E-state index in [1.807, 2.05) is 48.5 Å². The molecule has 2 aromatic carbocycles. The molecule has 2 heterocycles. The van der Waals surface area contributed by atoms with Crippen LogP contribution < -0.4 is 4.74 Å². The predicted octanol–water partition coefficient (Wildman–Crippen LogP) is 4.46. The van der Waals surface area contributed by atoms with Gasteiger partial charge in [-0.2, -0.15) is 0 Å². The Morgan fingerprint density at radius 2 is 1.76 bits per heavy atom.